The van der Waals surface area contributed by atoms with Gasteiger partial charge in [-0.1, -0.05) is 32.0 Å². The highest BCUT2D eigenvalue weighted by Gasteiger charge is 2.12. The van der Waals surface area contributed by atoms with Crippen molar-refractivity contribution in [2.45, 2.75) is 52.0 Å². The fourth-order valence-electron chi connectivity index (χ4n) is 2.55. The fraction of sp³-hybridized carbons (Fsp3) is 0.562. The molecular weight excluding hydrogens is 222 g/mol. The Bertz CT molecular complexity index is 423. The van der Waals surface area contributed by atoms with Crippen LogP contribution in [0.2, 0.25) is 0 Å². The van der Waals surface area contributed by atoms with Crippen LogP contribution < -0.4 is 5.32 Å². The third-order valence-corrected chi connectivity index (χ3v) is 3.52. The number of aryl methyl sites for hydroxylation is 2. The molecule has 1 aromatic carbocycles. The summed E-state index contributed by atoms with van der Waals surface area (Å²) in [6.45, 7) is 5.00. The number of nitrogens with one attached hydrogen (secondary N) is 1. The molecule has 0 saturated carbocycles. The predicted molar refractivity (Wildman–Crippen MR) is 74.9 cm³/mol. The van der Waals surface area contributed by atoms with E-state index in [9.17, 15) is 4.79 Å². The van der Waals surface area contributed by atoms with Crippen molar-refractivity contribution in [1.29, 1.82) is 0 Å². The van der Waals surface area contributed by atoms with E-state index in [2.05, 4.69) is 37.4 Å². The van der Waals surface area contributed by atoms with Crippen LogP contribution in [0.4, 0.5) is 0 Å². The molecule has 1 aromatic rings. The zero-order chi connectivity index (χ0) is 13.0. The maximum absolute atomic E-state index is 11.9. The SMILES string of the molecule is CC(C)NCCC(=O)Cc1ccc2c(c1)CCC2. The Labute approximate surface area is 110 Å². The number of ketones is 1. The number of carbonyl (C=O) groups excluding carboxylic acids is 1. The van der Waals surface area contributed by atoms with Gasteiger partial charge in [-0.2, -0.15) is 0 Å². The Morgan fingerprint density at radius 3 is 2.83 bits per heavy atom. The number of Topliss-reactive ketones (excluding diaryl/α,β-unsaturated/α-hetero) is 1. The molecule has 1 aliphatic carbocycles. The lowest BCUT2D eigenvalue weighted by atomic mass is 10.0. The van der Waals surface area contributed by atoms with Gasteiger partial charge in [0.15, 0.2) is 0 Å². The van der Waals surface area contributed by atoms with Gasteiger partial charge in [0.25, 0.3) is 0 Å². The lowest BCUT2D eigenvalue weighted by Gasteiger charge is -2.08. The van der Waals surface area contributed by atoms with Crippen molar-refractivity contribution < 1.29 is 4.79 Å². The summed E-state index contributed by atoms with van der Waals surface area (Å²) in [7, 11) is 0. The first-order chi connectivity index (χ1) is 8.65. The Hall–Kier alpha value is -1.15. The van der Waals surface area contributed by atoms with Crippen molar-refractivity contribution in [3.63, 3.8) is 0 Å². The molecule has 1 N–H and O–H groups in total. The van der Waals surface area contributed by atoms with Crippen LogP contribution in [-0.2, 0) is 24.1 Å². The highest BCUT2D eigenvalue weighted by Crippen LogP contribution is 2.23. The molecule has 0 aliphatic heterocycles. The number of carbonyl (C=O) groups is 1. The van der Waals surface area contributed by atoms with Crippen molar-refractivity contribution >= 4 is 5.78 Å². The number of rotatable bonds is 6. The Morgan fingerprint density at radius 2 is 2.06 bits per heavy atom. The molecule has 2 heteroatoms. The molecule has 2 rings (SSSR count). The largest absolute Gasteiger partial charge is 0.314 e. The van der Waals surface area contributed by atoms with Crippen LogP contribution >= 0.6 is 0 Å². The number of hydrogen-bond acceptors (Lipinski definition) is 2. The average molecular weight is 245 g/mol. The first-order valence-corrected chi connectivity index (χ1v) is 7.01. The van der Waals surface area contributed by atoms with Crippen LogP contribution in [-0.4, -0.2) is 18.4 Å². The van der Waals surface area contributed by atoms with Crippen LogP contribution in [0.1, 0.15) is 43.4 Å². The van der Waals surface area contributed by atoms with E-state index in [1.165, 1.54) is 36.0 Å². The zero-order valence-electron chi connectivity index (χ0n) is 11.5. The summed E-state index contributed by atoms with van der Waals surface area (Å²) < 4.78 is 0. The standard InChI is InChI=1S/C16H23NO/c1-12(2)17-9-8-16(18)11-13-6-7-14-4-3-5-15(14)10-13/h6-7,10,12,17H,3-5,8-9,11H2,1-2H3. The topological polar surface area (TPSA) is 29.1 Å². The van der Waals surface area contributed by atoms with Crippen LogP contribution in [0.25, 0.3) is 0 Å². The van der Waals surface area contributed by atoms with Gasteiger partial charge in [-0.25, -0.2) is 0 Å². The summed E-state index contributed by atoms with van der Waals surface area (Å²) >= 11 is 0. The highest BCUT2D eigenvalue weighted by atomic mass is 16.1. The minimum atomic E-state index is 0.334. The molecule has 2 nitrogen and oxygen atoms in total. The van der Waals surface area contributed by atoms with E-state index in [0.717, 1.165) is 6.54 Å². The van der Waals surface area contributed by atoms with Gasteiger partial charge in [-0.3, -0.25) is 4.79 Å². The van der Waals surface area contributed by atoms with Crippen molar-refractivity contribution in [3.8, 4) is 0 Å². The van der Waals surface area contributed by atoms with Gasteiger partial charge in [0.2, 0.25) is 0 Å². The molecule has 0 aromatic heterocycles. The summed E-state index contributed by atoms with van der Waals surface area (Å²) in [6, 6.07) is 7.02. The minimum Gasteiger partial charge on any atom is -0.314 e. The van der Waals surface area contributed by atoms with E-state index >= 15 is 0 Å². The molecule has 0 amide bonds. The molecular formula is C16H23NO. The molecule has 0 saturated heterocycles. The van der Waals surface area contributed by atoms with Crippen molar-refractivity contribution in [1.82, 2.24) is 5.32 Å². The van der Waals surface area contributed by atoms with Crippen LogP contribution in [0.15, 0.2) is 18.2 Å². The molecule has 0 bridgehead atoms. The Kier molecular flexibility index (Phi) is 4.54. The van der Waals surface area contributed by atoms with Gasteiger partial charge in [0.05, 0.1) is 0 Å². The molecule has 0 radical (unpaired) electrons. The average Bonchev–Trinajstić information content (AvgIpc) is 2.75. The second-order valence-electron chi connectivity index (χ2n) is 5.53. The quantitative estimate of drug-likeness (QED) is 0.835. The maximum atomic E-state index is 11.9. The van der Waals surface area contributed by atoms with Crippen LogP contribution in [0.3, 0.4) is 0 Å². The van der Waals surface area contributed by atoms with Crippen molar-refractivity contribution in [2.75, 3.05) is 6.54 Å². The Balaban J connectivity index is 1.84. The summed E-state index contributed by atoms with van der Waals surface area (Å²) in [5, 5.41) is 3.28. The van der Waals surface area contributed by atoms with Crippen LogP contribution in [0.5, 0.6) is 0 Å². The Morgan fingerprint density at radius 1 is 1.28 bits per heavy atom. The lowest BCUT2D eigenvalue weighted by Crippen LogP contribution is -2.25. The van der Waals surface area contributed by atoms with Crippen LogP contribution in [0, 0.1) is 0 Å². The predicted octanol–water partition coefficient (Wildman–Crippen LogP) is 2.68. The first kappa shape index (κ1) is 13.3. The van der Waals surface area contributed by atoms with Gasteiger partial charge >= 0.3 is 0 Å². The summed E-state index contributed by atoms with van der Waals surface area (Å²) in [4.78, 5) is 11.9. The third-order valence-electron chi connectivity index (χ3n) is 3.52. The maximum Gasteiger partial charge on any atom is 0.138 e. The normalized spacial score (nSPS) is 13.9. The van der Waals surface area contributed by atoms with Gasteiger partial charge in [-0.05, 0) is 36.0 Å². The van der Waals surface area contributed by atoms with Gasteiger partial charge < -0.3 is 5.32 Å². The minimum absolute atomic E-state index is 0.334. The number of fused-ring (bicyclic) bond motifs is 1. The van der Waals surface area contributed by atoms with E-state index in [-0.39, 0.29) is 0 Å². The third kappa shape index (κ3) is 3.67. The molecule has 98 valence electrons. The van der Waals surface area contributed by atoms with E-state index in [4.69, 9.17) is 0 Å². The molecule has 1 aliphatic rings. The summed E-state index contributed by atoms with van der Waals surface area (Å²) in [6.07, 6.45) is 4.89. The first-order valence-electron chi connectivity index (χ1n) is 7.01. The second kappa shape index (κ2) is 6.14. The van der Waals surface area contributed by atoms with E-state index in [0.29, 0.717) is 24.7 Å². The molecule has 0 spiro atoms. The summed E-state index contributed by atoms with van der Waals surface area (Å²) in [5.74, 6) is 0.334. The molecule has 18 heavy (non-hydrogen) atoms. The van der Waals surface area contributed by atoms with Crippen molar-refractivity contribution in [2.24, 2.45) is 0 Å². The zero-order valence-corrected chi connectivity index (χ0v) is 11.5. The van der Waals surface area contributed by atoms with E-state index in [1.807, 2.05) is 0 Å². The second-order valence-corrected chi connectivity index (χ2v) is 5.53. The number of benzene rings is 1. The number of hydrogen-bond donors (Lipinski definition) is 1. The molecule has 0 heterocycles. The smallest absolute Gasteiger partial charge is 0.138 e. The lowest BCUT2D eigenvalue weighted by molar-refractivity contribution is -0.118. The monoisotopic (exact) mass is 245 g/mol. The van der Waals surface area contributed by atoms with E-state index in [1.54, 1.807) is 0 Å². The van der Waals surface area contributed by atoms with Gasteiger partial charge in [-0.15, -0.1) is 0 Å². The fourth-order valence-corrected chi connectivity index (χ4v) is 2.55. The van der Waals surface area contributed by atoms with Gasteiger partial charge in [0.1, 0.15) is 5.78 Å². The van der Waals surface area contributed by atoms with E-state index < -0.39 is 0 Å². The highest BCUT2D eigenvalue weighted by molar-refractivity contribution is 5.81. The summed E-state index contributed by atoms with van der Waals surface area (Å²) in [5.41, 5.74) is 4.12. The molecule has 0 fully saturated rings. The molecule has 0 unspecified atom stereocenters. The van der Waals surface area contributed by atoms with Gasteiger partial charge in [0, 0.05) is 25.4 Å². The molecule has 0 atom stereocenters. The van der Waals surface area contributed by atoms with Crippen molar-refractivity contribution in [3.05, 3.63) is 34.9 Å².